The molecule has 66 valence electrons. The van der Waals surface area contributed by atoms with Gasteiger partial charge in [-0.1, -0.05) is 30.3 Å². The maximum absolute atomic E-state index is 3.58. The number of hydrogen-bond donors (Lipinski definition) is 0. The molecule has 0 bridgehead atoms. The van der Waals surface area contributed by atoms with Crippen LogP contribution >= 0.6 is 54.5 Å². The van der Waals surface area contributed by atoms with Gasteiger partial charge in [-0.25, -0.2) is 0 Å². The molecule has 0 unspecified atom stereocenters. The van der Waals surface area contributed by atoms with E-state index in [1.165, 1.54) is 23.6 Å². The van der Waals surface area contributed by atoms with Crippen molar-refractivity contribution >= 4 is 54.5 Å². The molecule has 0 amide bonds. The van der Waals surface area contributed by atoms with E-state index in [0.29, 0.717) is 0 Å². The Bertz CT molecular complexity index is 389. The first-order valence-corrected chi connectivity index (χ1v) is 6.39. The number of hydrogen-bond acceptors (Lipinski definition) is 0. The standard InChI is InChI=1S/C10H5Br2I/c11-8-6-4-2-1-3-5-7(6)9(12)10(8)13/h1-5H. The summed E-state index contributed by atoms with van der Waals surface area (Å²) in [5, 5.41) is 0. The Kier molecular flexibility index (Phi) is 2.95. The Morgan fingerprint density at radius 2 is 1.31 bits per heavy atom. The molecule has 0 saturated heterocycles. The molecular weight excluding hydrogens is 407 g/mol. The second-order valence-corrected chi connectivity index (χ2v) is 5.34. The van der Waals surface area contributed by atoms with E-state index in [4.69, 9.17) is 0 Å². The zero-order chi connectivity index (χ0) is 9.42. The van der Waals surface area contributed by atoms with Gasteiger partial charge in [0.2, 0.25) is 0 Å². The second-order valence-electron chi connectivity index (χ2n) is 2.68. The van der Waals surface area contributed by atoms with Gasteiger partial charge in [0.1, 0.15) is 0 Å². The lowest BCUT2D eigenvalue weighted by Crippen LogP contribution is -1.65. The van der Waals surface area contributed by atoms with Gasteiger partial charge in [-0.3, -0.25) is 0 Å². The van der Waals surface area contributed by atoms with Crippen LogP contribution in [0, 0.1) is 3.57 Å². The van der Waals surface area contributed by atoms with Crippen LogP contribution in [0.5, 0.6) is 0 Å². The van der Waals surface area contributed by atoms with E-state index < -0.39 is 0 Å². The zero-order valence-electron chi connectivity index (χ0n) is 6.52. The molecule has 0 aliphatic heterocycles. The number of rotatable bonds is 0. The van der Waals surface area contributed by atoms with Crippen molar-refractivity contribution in [3.05, 3.63) is 42.8 Å². The highest BCUT2D eigenvalue weighted by Gasteiger charge is 2.16. The molecule has 0 radical (unpaired) electrons. The molecule has 0 saturated carbocycles. The topological polar surface area (TPSA) is 0 Å². The van der Waals surface area contributed by atoms with Gasteiger partial charge < -0.3 is 0 Å². The Morgan fingerprint density at radius 3 is 1.77 bits per heavy atom. The quantitative estimate of drug-likeness (QED) is 0.540. The fourth-order valence-corrected chi connectivity index (χ4v) is 3.20. The molecule has 0 aromatic heterocycles. The summed E-state index contributed by atoms with van der Waals surface area (Å²) in [6.07, 6.45) is 0. The summed E-state index contributed by atoms with van der Waals surface area (Å²) in [5.41, 5.74) is 2.50. The lowest BCUT2D eigenvalue weighted by molar-refractivity contribution is 1.73. The Hall–Kier alpha value is 0.390. The normalized spacial score (nSPS) is 10.7. The minimum absolute atomic E-state index is 1.17. The molecule has 3 heteroatoms. The van der Waals surface area contributed by atoms with E-state index in [1.54, 1.807) is 0 Å². The zero-order valence-corrected chi connectivity index (χ0v) is 11.9. The van der Waals surface area contributed by atoms with Crippen LogP contribution in [0.25, 0.3) is 11.1 Å². The average Bonchev–Trinajstić information content (AvgIpc) is 2.40. The molecule has 0 aromatic rings. The van der Waals surface area contributed by atoms with Gasteiger partial charge in [0.25, 0.3) is 0 Å². The third kappa shape index (κ3) is 1.66. The third-order valence-corrected chi connectivity index (χ3v) is 6.11. The highest BCUT2D eigenvalue weighted by atomic mass is 127. The van der Waals surface area contributed by atoms with Crippen LogP contribution in [-0.4, -0.2) is 0 Å². The van der Waals surface area contributed by atoms with Crippen molar-refractivity contribution in [3.8, 4) is 11.1 Å². The van der Waals surface area contributed by atoms with Crippen molar-refractivity contribution in [3.63, 3.8) is 0 Å². The van der Waals surface area contributed by atoms with Crippen LogP contribution in [0.2, 0.25) is 0 Å². The van der Waals surface area contributed by atoms with Crippen molar-refractivity contribution in [2.75, 3.05) is 0 Å². The summed E-state index contributed by atoms with van der Waals surface area (Å²) in [6.45, 7) is 0. The summed E-state index contributed by atoms with van der Waals surface area (Å²) in [5.74, 6) is 0. The van der Waals surface area contributed by atoms with Gasteiger partial charge in [0, 0.05) is 12.5 Å². The van der Waals surface area contributed by atoms with Crippen LogP contribution < -0.4 is 0 Å². The first-order chi connectivity index (χ1) is 6.22. The summed E-state index contributed by atoms with van der Waals surface area (Å²) < 4.78 is 3.58. The summed E-state index contributed by atoms with van der Waals surface area (Å²) in [7, 11) is 0. The van der Waals surface area contributed by atoms with E-state index in [9.17, 15) is 0 Å². The van der Waals surface area contributed by atoms with Crippen molar-refractivity contribution in [2.45, 2.75) is 0 Å². The SMILES string of the molecule is Brc1c2cccccc-2c(Br)c1I. The minimum Gasteiger partial charge on any atom is -0.0622 e. The molecule has 0 N–H and O–H groups in total. The highest BCUT2D eigenvalue weighted by Crippen LogP contribution is 2.43. The number of fused-ring (bicyclic) bond motifs is 1. The summed E-state index contributed by atoms with van der Waals surface area (Å²) in [6, 6.07) is 10.4. The monoisotopic (exact) mass is 410 g/mol. The first kappa shape index (κ1) is 9.93. The fourth-order valence-electron chi connectivity index (χ4n) is 1.26. The highest BCUT2D eigenvalue weighted by molar-refractivity contribution is 14.1. The predicted octanol–water partition coefficient (Wildman–Crippen LogP) is 4.92. The van der Waals surface area contributed by atoms with Crippen LogP contribution in [0.4, 0.5) is 0 Å². The lowest BCUT2D eigenvalue weighted by atomic mass is 10.2. The molecule has 2 rings (SSSR count). The molecule has 0 heterocycles. The number of halogens is 3. The molecule has 0 fully saturated rings. The van der Waals surface area contributed by atoms with Gasteiger partial charge in [0.05, 0.1) is 0 Å². The lowest BCUT2D eigenvalue weighted by Gasteiger charge is -1.91. The maximum Gasteiger partial charge on any atom is 0.0427 e. The smallest absolute Gasteiger partial charge is 0.0427 e. The van der Waals surface area contributed by atoms with E-state index in [2.05, 4.69) is 78.7 Å². The van der Waals surface area contributed by atoms with Gasteiger partial charge in [-0.2, -0.15) is 0 Å². The minimum atomic E-state index is 1.17. The maximum atomic E-state index is 3.58. The molecule has 0 spiro atoms. The van der Waals surface area contributed by atoms with Crippen molar-refractivity contribution in [1.82, 2.24) is 0 Å². The largest absolute Gasteiger partial charge is 0.0622 e. The average molecular weight is 412 g/mol. The predicted molar refractivity (Wildman–Crippen MR) is 71.2 cm³/mol. The van der Waals surface area contributed by atoms with Crippen LogP contribution in [0.15, 0.2) is 39.3 Å². The van der Waals surface area contributed by atoms with Crippen molar-refractivity contribution < 1.29 is 0 Å². The van der Waals surface area contributed by atoms with E-state index in [0.717, 1.165) is 0 Å². The van der Waals surface area contributed by atoms with Crippen molar-refractivity contribution in [2.24, 2.45) is 0 Å². The molecular formula is C10H5Br2I. The first-order valence-electron chi connectivity index (χ1n) is 3.73. The van der Waals surface area contributed by atoms with Gasteiger partial charge >= 0.3 is 0 Å². The molecule has 0 atom stereocenters. The Balaban J connectivity index is 2.86. The molecule has 0 aromatic carbocycles. The van der Waals surface area contributed by atoms with Gasteiger partial charge in [-0.15, -0.1) is 0 Å². The van der Waals surface area contributed by atoms with E-state index in [1.807, 2.05) is 6.07 Å². The van der Waals surface area contributed by atoms with E-state index >= 15 is 0 Å². The Morgan fingerprint density at radius 1 is 0.846 bits per heavy atom. The van der Waals surface area contributed by atoms with Crippen LogP contribution in [0.3, 0.4) is 0 Å². The summed E-state index contributed by atoms with van der Waals surface area (Å²) in [4.78, 5) is 0. The van der Waals surface area contributed by atoms with Crippen LogP contribution in [0.1, 0.15) is 0 Å². The summed E-state index contributed by atoms with van der Waals surface area (Å²) >= 11 is 9.50. The second kappa shape index (κ2) is 3.87. The van der Waals surface area contributed by atoms with Gasteiger partial charge in [0.15, 0.2) is 0 Å². The van der Waals surface area contributed by atoms with E-state index in [-0.39, 0.29) is 0 Å². The Labute approximate surface area is 107 Å². The molecule has 2 aliphatic carbocycles. The fraction of sp³-hybridized carbons (Fsp3) is 0. The van der Waals surface area contributed by atoms with Crippen LogP contribution in [-0.2, 0) is 0 Å². The molecule has 0 nitrogen and oxygen atoms in total. The van der Waals surface area contributed by atoms with Gasteiger partial charge in [-0.05, 0) is 65.6 Å². The molecule has 13 heavy (non-hydrogen) atoms. The molecule has 2 aliphatic rings. The van der Waals surface area contributed by atoms with Crippen molar-refractivity contribution in [1.29, 1.82) is 0 Å². The third-order valence-electron chi connectivity index (χ3n) is 1.90.